The molecule has 0 aliphatic carbocycles. The quantitative estimate of drug-likeness (QED) is 0.861. The maximum atomic E-state index is 11.8. The monoisotopic (exact) mass is 285 g/mol. The standard InChI is InChI=1S/C11H12BrNO3/c12-8-3-7-5-15-6-16-11(7)9(4-8)10(14)1-2-13/h3-4H,1-2,5-6,13H2. The van der Waals surface area contributed by atoms with E-state index in [1.165, 1.54) is 0 Å². The molecular weight excluding hydrogens is 274 g/mol. The van der Waals surface area contributed by atoms with Crippen LogP contribution in [0.3, 0.4) is 0 Å². The first-order valence-corrected chi connectivity index (χ1v) is 5.78. The molecule has 5 heteroatoms. The number of hydrogen-bond donors (Lipinski definition) is 1. The fourth-order valence-electron chi connectivity index (χ4n) is 1.65. The molecule has 16 heavy (non-hydrogen) atoms. The third-order valence-corrected chi connectivity index (χ3v) is 2.80. The van der Waals surface area contributed by atoms with Crippen molar-refractivity contribution >= 4 is 21.7 Å². The van der Waals surface area contributed by atoms with Gasteiger partial charge in [0.1, 0.15) is 5.75 Å². The molecule has 1 aromatic rings. The molecule has 0 bridgehead atoms. The zero-order valence-electron chi connectivity index (χ0n) is 8.66. The van der Waals surface area contributed by atoms with Crippen LogP contribution in [0.15, 0.2) is 16.6 Å². The Bertz CT molecular complexity index is 420. The van der Waals surface area contributed by atoms with Crippen LogP contribution in [0.5, 0.6) is 5.75 Å². The Morgan fingerprint density at radius 1 is 1.50 bits per heavy atom. The van der Waals surface area contributed by atoms with Gasteiger partial charge in [-0.2, -0.15) is 0 Å². The first-order chi connectivity index (χ1) is 7.72. The van der Waals surface area contributed by atoms with Crippen molar-refractivity contribution in [2.24, 2.45) is 5.73 Å². The van der Waals surface area contributed by atoms with Crippen molar-refractivity contribution < 1.29 is 14.3 Å². The number of Topliss-reactive ketones (excluding diaryl/α,β-unsaturated/α-hetero) is 1. The number of nitrogens with two attached hydrogens (primary N) is 1. The van der Waals surface area contributed by atoms with Gasteiger partial charge in [-0.15, -0.1) is 0 Å². The fourth-order valence-corrected chi connectivity index (χ4v) is 2.16. The SMILES string of the molecule is NCCC(=O)c1cc(Br)cc2c1OCOC2. The van der Waals surface area contributed by atoms with Crippen LogP contribution < -0.4 is 10.5 Å². The highest BCUT2D eigenvalue weighted by Gasteiger charge is 2.20. The largest absolute Gasteiger partial charge is 0.466 e. The van der Waals surface area contributed by atoms with Crippen molar-refractivity contribution in [2.75, 3.05) is 13.3 Å². The minimum Gasteiger partial charge on any atom is -0.466 e. The molecule has 0 atom stereocenters. The van der Waals surface area contributed by atoms with Crippen LogP contribution in [0, 0.1) is 0 Å². The minimum absolute atomic E-state index is 0.00181. The van der Waals surface area contributed by atoms with Gasteiger partial charge in [-0.1, -0.05) is 15.9 Å². The Morgan fingerprint density at radius 3 is 3.06 bits per heavy atom. The molecule has 86 valence electrons. The number of fused-ring (bicyclic) bond motifs is 1. The van der Waals surface area contributed by atoms with Crippen LogP contribution in [-0.2, 0) is 11.3 Å². The summed E-state index contributed by atoms with van der Waals surface area (Å²) in [6.45, 7) is 1.01. The summed E-state index contributed by atoms with van der Waals surface area (Å²) < 4.78 is 11.4. The van der Waals surface area contributed by atoms with Gasteiger partial charge in [-0.05, 0) is 18.7 Å². The number of halogens is 1. The number of ether oxygens (including phenoxy) is 2. The lowest BCUT2D eigenvalue weighted by molar-refractivity contribution is -0.0168. The highest BCUT2D eigenvalue weighted by atomic mass is 79.9. The molecule has 1 aliphatic heterocycles. The second-order valence-corrected chi connectivity index (χ2v) is 4.43. The van der Waals surface area contributed by atoms with Crippen LogP contribution in [0.25, 0.3) is 0 Å². The molecule has 0 radical (unpaired) electrons. The molecule has 0 aromatic heterocycles. The molecule has 1 heterocycles. The van der Waals surface area contributed by atoms with E-state index in [1.807, 2.05) is 6.07 Å². The van der Waals surface area contributed by atoms with E-state index < -0.39 is 0 Å². The van der Waals surface area contributed by atoms with E-state index in [2.05, 4.69) is 15.9 Å². The molecule has 0 saturated carbocycles. The van der Waals surface area contributed by atoms with E-state index in [4.69, 9.17) is 15.2 Å². The topological polar surface area (TPSA) is 61.6 Å². The molecule has 1 aromatic carbocycles. The molecule has 0 unspecified atom stereocenters. The third-order valence-electron chi connectivity index (χ3n) is 2.35. The van der Waals surface area contributed by atoms with E-state index in [0.717, 1.165) is 10.0 Å². The van der Waals surface area contributed by atoms with Crippen molar-refractivity contribution in [3.8, 4) is 5.75 Å². The lowest BCUT2D eigenvalue weighted by Gasteiger charge is -2.20. The average Bonchev–Trinajstić information content (AvgIpc) is 2.28. The van der Waals surface area contributed by atoms with Crippen LogP contribution >= 0.6 is 15.9 Å². The van der Waals surface area contributed by atoms with Crippen molar-refractivity contribution in [1.82, 2.24) is 0 Å². The first-order valence-electron chi connectivity index (χ1n) is 4.98. The highest BCUT2D eigenvalue weighted by molar-refractivity contribution is 9.10. The Kier molecular flexibility index (Phi) is 3.58. The van der Waals surface area contributed by atoms with E-state index in [0.29, 0.717) is 30.9 Å². The fraction of sp³-hybridized carbons (Fsp3) is 0.364. The lowest BCUT2D eigenvalue weighted by Crippen LogP contribution is -2.16. The van der Waals surface area contributed by atoms with Crippen LogP contribution in [0.4, 0.5) is 0 Å². The Hall–Kier alpha value is -0.910. The summed E-state index contributed by atoms with van der Waals surface area (Å²) in [7, 11) is 0. The number of benzene rings is 1. The zero-order valence-corrected chi connectivity index (χ0v) is 10.2. The summed E-state index contributed by atoms with van der Waals surface area (Å²) in [4.78, 5) is 11.8. The van der Waals surface area contributed by atoms with Crippen molar-refractivity contribution in [2.45, 2.75) is 13.0 Å². The summed E-state index contributed by atoms with van der Waals surface area (Å²) in [5.41, 5.74) is 6.85. The summed E-state index contributed by atoms with van der Waals surface area (Å²) in [6.07, 6.45) is 0.326. The van der Waals surface area contributed by atoms with Gasteiger partial charge in [0.25, 0.3) is 0 Å². The van der Waals surface area contributed by atoms with Gasteiger partial charge in [-0.25, -0.2) is 0 Å². The van der Waals surface area contributed by atoms with Gasteiger partial charge in [0, 0.05) is 16.5 Å². The lowest BCUT2D eigenvalue weighted by atomic mass is 10.0. The second kappa shape index (κ2) is 4.95. The summed E-state index contributed by atoms with van der Waals surface area (Å²) in [5.74, 6) is 0.634. The first kappa shape index (κ1) is 11.6. The molecule has 2 rings (SSSR count). The number of carbonyl (C=O) groups excluding carboxylic acids is 1. The number of carbonyl (C=O) groups is 1. The zero-order chi connectivity index (χ0) is 11.5. The normalized spacial score (nSPS) is 14.1. The summed E-state index contributed by atoms with van der Waals surface area (Å²) in [5, 5.41) is 0. The molecule has 0 fully saturated rings. The molecular formula is C11H12BrNO3. The maximum absolute atomic E-state index is 11.8. The van der Waals surface area contributed by atoms with Gasteiger partial charge in [0.05, 0.1) is 12.2 Å². The Morgan fingerprint density at radius 2 is 2.31 bits per heavy atom. The Labute approximate surface area is 102 Å². The van der Waals surface area contributed by atoms with E-state index in [1.54, 1.807) is 6.07 Å². The van der Waals surface area contributed by atoms with Gasteiger partial charge < -0.3 is 15.2 Å². The van der Waals surface area contributed by atoms with Crippen LogP contribution in [0.1, 0.15) is 22.3 Å². The minimum atomic E-state index is 0.00181. The van der Waals surface area contributed by atoms with E-state index in [-0.39, 0.29) is 12.6 Å². The molecule has 1 aliphatic rings. The van der Waals surface area contributed by atoms with E-state index >= 15 is 0 Å². The average molecular weight is 286 g/mol. The molecule has 0 amide bonds. The molecule has 0 saturated heterocycles. The molecule has 4 nitrogen and oxygen atoms in total. The molecule has 0 spiro atoms. The van der Waals surface area contributed by atoms with Crippen molar-refractivity contribution in [3.63, 3.8) is 0 Å². The molecule has 2 N–H and O–H groups in total. The van der Waals surface area contributed by atoms with Gasteiger partial charge in [-0.3, -0.25) is 4.79 Å². The maximum Gasteiger partial charge on any atom is 0.189 e. The number of hydrogen-bond acceptors (Lipinski definition) is 4. The van der Waals surface area contributed by atoms with Crippen molar-refractivity contribution in [1.29, 1.82) is 0 Å². The predicted molar refractivity (Wildman–Crippen MR) is 62.4 cm³/mol. The second-order valence-electron chi connectivity index (χ2n) is 3.51. The number of ketones is 1. The summed E-state index contributed by atoms with van der Waals surface area (Å²) in [6, 6.07) is 3.66. The van der Waals surface area contributed by atoms with Gasteiger partial charge in [0.2, 0.25) is 0 Å². The van der Waals surface area contributed by atoms with Crippen molar-refractivity contribution in [3.05, 3.63) is 27.7 Å². The van der Waals surface area contributed by atoms with Crippen LogP contribution in [-0.4, -0.2) is 19.1 Å². The highest BCUT2D eigenvalue weighted by Crippen LogP contribution is 2.32. The number of rotatable bonds is 3. The smallest absolute Gasteiger partial charge is 0.189 e. The van der Waals surface area contributed by atoms with Gasteiger partial charge in [0.15, 0.2) is 12.6 Å². The predicted octanol–water partition coefficient (Wildman–Crippen LogP) is 1.85. The van der Waals surface area contributed by atoms with Crippen LogP contribution in [0.2, 0.25) is 0 Å². The van der Waals surface area contributed by atoms with E-state index in [9.17, 15) is 4.79 Å². The third kappa shape index (κ3) is 2.26. The summed E-state index contributed by atoms with van der Waals surface area (Å²) >= 11 is 3.37. The van der Waals surface area contributed by atoms with Gasteiger partial charge >= 0.3 is 0 Å². The Balaban J connectivity index is 2.43.